The van der Waals surface area contributed by atoms with E-state index in [1.54, 1.807) is 12.1 Å². The average molecular weight is 169 g/mol. The van der Waals surface area contributed by atoms with Crippen LogP contribution >= 0.6 is 0 Å². The van der Waals surface area contributed by atoms with Crippen molar-refractivity contribution in [1.29, 1.82) is 0 Å². The van der Waals surface area contributed by atoms with Gasteiger partial charge in [-0.05, 0) is 17.7 Å². The van der Waals surface area contributed by atoms with Gasteiger partial charge in [-0.2, -0.15) is 0 Å². The van der Waals surface area contributed by atoms with Gasteiger partial charge in [-0.15, -0.1) is 0 Å². The summed E-state index contributed by atoms with van der Waals surface area (Å²) in [5.41, 5.74) is 0.548. The quantitative estimate of drug-likeness (QED) is 0.568. The lowest BCUT2D eigenvalue weighted by molar-refractivity contribution is -0.0152. The molecule has 1 heterocycles. The van der Waals surface area contributed by atoms with Crippen molar-refractivity contribution in [1.82, 2.24) is 4.98 Å². The van der Waals surface area contributed by atoms with Gasteiger partial charge in [0.1, 0.15) is 12.2 Å². The number of aromatic nitrogens is 1. The second-order valence-corrected chi connectivity index (χ2v) is 2.48. The smallest absolute Gasteiger partial charge is 0.107 e. The topological polar surface area (TPSA) is 73.6 Å². The van der Waals surface area contributed by atoms with E-state index in [1.807, 2.05) is 0 Å². The molecule has 2 atom stereocenters. The van der Waals surface area contributed by atoms with Crippen LogP contribution in [0.1, 0.15) is 11.7 Å². The fourth-order valence-electron chi connectivity index (χ4n) is 0.883. The maximum absolute atomic E-state index is 9.35. The Morgan fingerprint density at radius 3 is 2.33 bits per heavy atom. The fraction of sp³-hybridized carbons (Fsp3) is 0.375. The molecular formula is C8H11NO3. The van der Waals surface area contributed by atoms with E-state index in [0.29, 0.717) is 5.56 Å². The lowest BCUT2D eigenvalue weighted by atomic mass is 10.1. The molecule has 0 spiro atoms. The van der Waals surface area contributed by atoms with Crippen molar-refractivity contribution in [2.24, 2.45) is 0 Å². The van der Waals surface area contributed by atoms with Gasteiger partial charge in [0.25, 0.3) is 0 Å². The van der Waals surface area contributed by atoms with Crippen LogP contribution in [0.15, 0.2) is 24.5 Å². The molecule has 0 aliphatic heterocycles. The zero-order valence-electron chi connectivity index (χ0n) is 6.46. The molecule has 0 bridgehead atoms. The van der Waals surface area contributed by atoms with Gasteiger partial charge in [0, 0.05) is 12.4 Å². The van der Waals surface area contributed by atoms with Crippen LogP contribution in [0, 0.1) is 0 Å². The molecule has 1 aromatic rings. The number of hydrogen-bond acceptors (Lipinski definition) is 4. The summed E-state index contributed by atoms with van der Waals surface area (Å²) >= 11 is 0. The van der Waals surface area contributed by atoms with Crippen molar-refractivity contribution in [3.05, 3.63) is 30.1 Å². The van der Waals surface area contributed by atoms with Crippen molar-refractivity contribution >= 4 is 0 Å². The Morgan fingerprint density at radius 2 is 1.83 bits per heavy atom. The van der Waals surface area contributed by atoms with Crippen LogP contribution in [-0.2, 0) is 0 Å². The largest absolute Gasteiger partial charge is 0.394 e. The Bertz CT molecular complexity index is 227. The lowest BCUT2D eigenvalue weighted by Gasteiger charge is -2.14. The Kier molecular flexibility index (Phi) is 3.16. The van der Waals surface area contributed by atoms with Crippen molar-refractivity contribution < 1.29 is 15.3 Å². The third-order valence-electron chi connectivity index (χ3n) is 1.60. The number of pyridine rings is 1. The van der Waals surface area contributed by atoms with Crippen molar-refractivity contribution in [2.75, 3.05) is 6.61 Å². The zero-order valence-corrected chi connectivity index (χ0v) is 6.46. The maximum atomic E-state index is 9.35. The van der Waals surface area contributed by atoms with E-state index in [0.717, 1.165) is 0 Å². The molecular weight excluding hydrogens is 158 g/mol. The van der Waals surface area contributed by atoms with Gasteiger partial charge in [0.2, 0.25) is 0 Å². The molecule has 0 saturated carbocycles. The van der Waals surface area contributed by atoms with Gasteiger partial charge in [0.15, 0.2) is 0 Å². The Balaban J connectivity index is 2.71. The van der Waals surface area contributed by atoms with Crippen molar-refractivity contribution in [2.45, 2.75) is 12.2 Å². The summed E-state index contributed by atoms with van der Waals surface area (Å²) in [6.07, 6.45) is 0.857. The van der Waals surface area contributed by atoms with Crippen LogP contribution in [0.25, 0.3) is 0 Å². The molecule has 0 aliphatic carbocycles. The highest BCUT2D eigenvalue weighted by Gasteiger charge is 2.16. The normalized spacial score (nSPS) is 15.6. The molecule has 3 N–H and O–H groups in total. The molecule has 0 fully saturated rings. The first-order chi connectivity index (χ1) is 5.75. The number of aliphatic hydroxyl groups is 3. The molecule has 2 unspecified atom stereocenters. The maximum Gasteiger partial charge on any atom is 0.107 e. The van der Waals surface area contributed by atoms with Gasteiger partial charge in [0.05, 0.1) is 6.61 Å². The monoisotopic (exact) mass is 169 g/mol. The minimum absolute atomic E-state index is 0.455. The van der Waals surface area contributed by atoms with E-state index in [1.165, 1.54) is 12.4 Å². The van der Waals surface area contributed by atoms with Crippen LogP contribution in [0.4, 0.5) is 0 Å². The summed E-state index contributed by atoms with van der Waals surface area (Å²) in [6.45, 7) is -0.455. The number of rotatable bonds is 3. The van der Waals surface area contributed by atoms with Crippen LogP contribution in [0.5, 0.6) is 0 Å². The first kappa shape index (κ1) is 9.12. The van der Waals surface area contributed by atoms with Crippen molar-refractivity contribution in [3.8, 4) is 0 Å². The molecule has 0 saturated heterocycles. The Hall–Kier alpha value is -0.970. The molecule has 4 nitrogen and oxygen atoms in total. The summed E-state index contributed by atoms with van der Waals surface area (Å²) in [5.74, 6) is 0. The van der Waals surface area contributed by atoms with Crippen LogP contribution in [0.3, 0.4) is 0 Å². The van der Waals surface area contributed by atoms with E-state index in [4.69, 9.17) is 10.2 Å². The van der Waals surface area contributed by atoms with Gasteiger partial charge < -0.3 is 15.3 Å². The number of aliphatic hydroxyl groups excluding tert-OH is 3. The molecule has 1 rings (SSSR count). The molecule has 4 heteroatoms. The van der Waals surface area contributed by atoms with Crippen molar-refractivity contribution in [3.63, 3.8) is 0 Å². The van der Waals surface area contributed by atoms with Gasteiger partial charge >= 0.3 is 0 Å². The SMILES string of the molecule is OCC(O)C(O)c1ccncc1. The van der Waals surface area contributed by atoms with Crippen LogP contribution in [-0.4, -0.2) is 33.0 Å². The van der Waals surface area contributed by atoms with Crippen LogP contribution in [0.2, 0.25) is 0 Å². The van der Waals surface area contributed by atoms with E-state index < -0.39 is 18.8 Å². The molecule has 0 aliphatic rings. The highest BCUT2D eigenvalue weighted by Crippen LogP contribution is 2.14. The summed E-state index contributed by atoms with van der Waals surface area (Å²) in [6, 6.07) is 3.17. The molecule has 0 aromatic carbocycles. The van der Waals surface area contributed by atoms with Gasteiger partial charge in [-0.1, -0.05) is 0 Å². The number of hydrogen-bond donors (Lipinski definition) is 3. The van der Waals surface area contributed by atoms with E-state index >= 15 is 0 Å². The number of nitrogens with zero attached hydrogens (tertiary/aromatic N) is 1. The second-order valence-electron chi connectivity index (χ2n) is 2.48. The first-order valence-electron chi connectivity index (χ1n) is 3.62. The Labute approximate surface area is 70.1 Å². The highest BCUT2D eigenvalue weighted by atomic mass is 16.4. The van der Waals surface area contributed by atoms with Gasteiger partial charge in [-0.3, -0.25) is 4.98 Å². The molecule has 1 aromatic heterocycles. The molecule has 0 radical (unpaired) electrons. The van der Waals surface area contributed by atoms with Crippen LogP contribution < -0.4 is 0 Å². The zero-order chi connectivity index (χ0) is 8.97. The predicted octanol–water partition coefficient (Wildman–Crippen LogP) is -0.532. The minimum Gasteiger partial charge on any atom is -0.394 e. The van der Waals surface area contributed by atoms with E-state index in [2.05, 4.69) is 4.98 Å². The summed E-state index contributed by atoms with van der Waals surface area (Å²) < 4.78 is 0. The molecule has 12 heavy (non-hydrogen) atoms. The predicted molar refractivity (Wildman–Crippen MR) is 42.3 cm³/mol. The standard InChI is InChI=1S/C8H11NO3/c10-5-7(11)8(12)6-1-3-9-4-2-6/h1-4,7-8,10-12H,5H2. The average Bonchev–Trinajstić information content (AvgIpc) is 2.17. The summed E-state index contributed by atoms with van der Waals surface area (Å²) in [5, 5.41) is 27.0. The second kappa shape index (κ2) is 4.15. The summed E-state index contributed by atoms with van der Waals surface area (Å²) in [7, 11) is 0. The Morgan fingerprint density at radius 1 is 1.25 bits per heavy atom. The molecule has 0 amide bonds. The minimum atomic E-state index is -1.13. The van der Waals surface area contributed by atoms with E-state index in [9.17, 15) is 5.11 Å². The summed E-state index contributed by atoms with van der Waals surface area (Å²) in [4.78, 5) is 3.76. The highest BCUT2D eigenvalue weighted by molar-refractivity contribution is 5.14. The van der Waals surface area contributed by atoms with E-state index in [-0.39, 0.29) is 0 Å². The molecule has 66 valence electrons. The van der Waals surface area contributed by atoms with Gasteiger partial charge in [-0.25, -0.2) is 0 Å². The third kappa shape index (κ3) is 2.01. The third-order valence-corrected chi connectivity index (χ3v) is 1.60. The first-order valence-corrected chi connectivity index (χ1v) is 3.62. The fourth-order valence-corrected chi connectivity index (χ4v) is 0.883. The lowest BCUT2D eigenvalue weighted by Crippen LogP contribution is -2.21.